The quantitative estimate of drug-likeness (QED) is 0.788. The van der Waals surface area contributed by atoms with Crippen LogP contribution in [0.4, 0.5) is 15.8 Å². The lowest BCUT2D eigenvalue weighted by Gasteiger charge is -2.18. The summed E-state index contributed by atoms with van der Waals surface area (Å²) in [5.74, 6) is -0.755. The monoisotopic (exact) mass is 369 g/mol. The Morgan fingerprint density at radius 2 is 1.74 bits per heavy atom. The highest BCUT2D eigenvalue weighted by molar-refractivity contribution is 5.91. The van der Waals surface area contributed by atoms with Crippen LogP contribution in [0.3, 0.4) is 0 Å². The molecule has 1 aliphatic rings. The number of nitrogens with zero attached hydrogens (tertiary/aromatic N) is 1. The van der Waals surface area contributed by atoms with Crippen molar-refractivity contribution in [1.82, 2.24) is 5.32 Å². The maximum atomic E-state index is 13.9. The standard InChI is InChI=1S/C21H24FN3O2/c22-17-13-18(15-19(14-17)25-10-4-5-11-25)24-20(26)8-9-23-21(27)12-16-6-2-1-3-7-16/h1-3,6-7,13-15H,4-5,8-12H2,(H,23,27)(H,24,26). The van der Waals surface area contributed by atoms with E-state index in [1.54, 1.807) is 6.07 Å². The molecule has 0 saturated carbocycles. The molecular weight excluding hydrogens is 345 g/mol. The highest BCUT2D eigenvalue weighted by atomic mass is 19.1. The van der Waals surface area contributed by atoms with Gasteiger partial charge in [-0.05, 0) is 36.6 Å². The van der Waals surface area contributed by atoms with Gasteiger partial charge >= 0.3 is 0 Å². The SMILES string of the molecule is O=C(Cc1ccccc1)NCCC(=O)Nc1cc(F)cc(N2CCCC2)c1. The predicted octanol–water partition coefficient (Wildman–Crippen LogP) is 3.11. The van der Waals surface area contributed by atoms with Crippen LogP contribution in [-0.4, -0.2) is 31.4 Å². The fourth-order valence-corrected chi connectivity index (χ4v) is 3.19. The van der Waals surface area contributed by atoms with Crippen molar-refractivity contribution >= 4 is 23.2 Å². The van der Waals surface area contributed by atoms with E-state index in [1.807, 2.05) is 30.3 Å². The molecule has 2 aromatic carbocycles. The van der Waals surface area contributed by atoms with Crippen molar-refractivity contribution in [2.45, 2.75) is 25.7 Å². The van der Waals surface area contributed by atoms with E-state index in [0.717, 1.165) is 37.2 Å². The normalized spacial score (nSPS) is 13.4. The maximum absolute atomic E-state index is 13.9. The Hall–Kier alpha value is -2.89. The molecule has 0 aromatic heterocycles. The lowest BCUT2D eigenvalue weighted by molar-refractivity contribution is -0.120. The van der Waals surface area contributed by atoms with Gasteiger partial charge in [-0.3, -0.25) is 9.59 Å². The van der Waals surface area contributed by atoms with Gasteiger partial charge in [0.2, 0.25) is 11.8 Å². The Kier molecular flexibility index (Phi) is 6.41. The number of anilines is 2. The molecule has 2 amide bonds. The third-order valence-electron chi connectivity index (χ3n) is 4.52. The molecule has 1 fully saturated rings. The zero-order valence-corrected chi connectivity index (χ0v) is 15.2. The van der Waals surface area contributed by atoms with Crippen LogP contribution in [0.25, 0.3) is 0 Å². The number of rotatable bonds is 7. The Bertz CT molecular complexity index is 789. The van der Waals surface area contributed by atoms with Crippen LogP contribution in [0.5, 0.6) is 0 Å². The molecule has 0 bridgehead atoms. The smallest absolute Gasteiger partial charge is 0.226 e. The largest absolute Gasteiger partial charge is 0.371 e. The highest BCUT2D eigenvalue weighted by Gasteiger charge is 2.14. The average molecular weight is 369 g/mol. The minimum atomic E-state index is -0.370. The van der Waals surface area contributed by atoms with Crippen molar-refractivity contribution in [3.63, 3.8) is 0 Å². The summed E-state index contributed by atoms with van der Waals surface area (Å²) in [5, 5.41) is 5.45. The molecule has 0 spiro atoms. The van der Waals surface area contributed by atoms with Gasteiger partial charge in [0.25, 0.3) is 0 Å². The minimum Gasteiger partial charge on any atom is -0.371 e. The number of amides is 2. The molecule has 0 unspecified atom stereocenters. The molecule has 27 heavy (non-hydrogen) atoms. The van der Waals surface area contributed by atoms with Crippen molar-refractivity contribution in [3.05, 3.63) is 59.9 Å². The van der Waals surface area contributed by atoms with Gasteiger partial charge in [-0.15, -0.1) is 0 Å². The van der Waals surface area contributed by atoms with Crippen LogP contribution in [0, 0.1) is 5.82 Å². The van der Waals surface area contributed by atoms with Crippen molar-refractivity contribution < 1.29 is 14.0 Å². The minimum absolute atomic E-state index is 0.129. The predicted molar refractivity (Wildman–Crippen MR) is 104 cm³/mol. The van der Waals surface area contributed by atoms with Crippen LogP contribution in [-0.2, 0) is 16.0 Å². The van der Waals surface area contributed by atoms with Crippen LogP contribution in [0.15, 0.2) is 48.5 Å². The second kappa shape index (κ2) is 9.16. The Morgan fingerprint density at radius 3 is 2.48 bits per heavy atom. The van der Waals surface area contributed by atoms with Crippen LogP contribution >= 0.6 is 0 Å². The first kappa shape index (κ1) is 18.9. The molecule has 1 aliphatic heterocycles. The first-order valence-corrected chi connectivity index (χ1v) is 9.26. The zero-order chi connectivity index (χ0) is 19.1. The summed E-state index contributed by atoms with van der Waals surface area (Å²) in [6.45, 7) is 2.06. The van der Waals surface area contributed by atoms with E-state index in [0.29, 0.717) is 5.69 Å². The van der Waals surface area contributed by atoms with E-state index < -0.39 is 0 Å². The van der Waals surface area contributed by atoms with Gasteiger partial charge in [-0.1, -0.05) is 30.3 Å². The van der Waals surface area contributed by atoms with Gasteiger partial charge in [-0.2, -0.15) is 0 Å². The molecule has 0 radical (unpaired) electrons. The van der Waals surface area contributed by atoms with E-state index in [2.05, 4.69) is 15.5 Å². The number of carbonyl (C=O) groups is 2. The van der Waals surface area contributed by atoms with E-state index in [9.17, 15) is 14.0 Å². The Morgan fingerprint density at radius 1 is 1.00 bits per heavy atom. The first-order chi connectivity index (χ1) is 13.1. The third-order valence-corrected chi connectivity index (χ3v) is 4.52. The van der Waals surface area contributed by atoms with Crippen molar-refractivity contribution in [1.29, 1.82) is 0 Å². The molecule has 0 aliphatic carbocycles. The summed E-state index contributed by atoms with van der Waals surface area (Å²) in [6, 6.07) is 14.0. The van der Waals surface area contributed by atoms with E-state index in [4.69, 9.17) is 0 Å². The summed E-state index contributed by atoms with van der Waals surface area (Å²) in [6.07, 6.45) is 2.61. The van der Waals surface area contributed by atoms with E-state index in [1.165, 1.54) is 12.1 Å². The molecule has 6 heteroatoms. The van der Waals surface area contributed by atoms with Gasteiger partial charge in [-0.25, -0.2) is 4.39 Å². The fraction of sp³-hybridized carbons (Fsp3) is 0.333. The summed E-state index contributed by atoms with van der Waals surface area (Å²) < 4.78 is 13.9. The summed E-state index contributed by atoms with van der Waals surface area (Å²) >= 11 is 0. The summed E-state index contributed by atoms with van der Waals surface area (Å²) in [7, 11) is 0. The number of nitrogens with one attached hydrogen (secondary N) is 2. The second-order valence-electron chi connectivity index (χ2n) is 6.70. The van der Waals surface area contributed by atoms with Gasteiger partial charge in [0.05, 0.1) is 6.42 Å². The topological polar surface area (TPSA) is 61.4 Å². The molecule has 0 atom stereocenters. The van der Waals surface area contributed by atoms with Gasteiger partial charge in [0.15, 0.2) is 0 Å². The molecule has 3 rings (SSSR count). The number of hydrogen-bond acceptors (Lipinski definition) is 3. The Balaban J connectivity index is 1.45. The van der Waals surface area contributed by atoms with Crippen LogP contribution in [0.2, 0.25) is 0 Å². The first-order valence-electron chi connectivity index (χ1n) is 9.26. The molecule has 142 valence electrons. The average Bonchev–Trinajstić information content (AvgIpc) is 3.17. The maximum Gasteiger partial charge on any atom is 0.226 e. The van der Waals surface area contributed by atoms with E-state index in [-0.39, 0.29) is 37.0 Å². The molecule has 2 N–H and O–H groups in total. The molecule has 1 heterocycles. The summed E-state index contributed by atoms with van der Waals surface area (Å²) in [4.78, 5) is 26.1. The second-order valence-corrected chi connectivity index (χ2v) is 6.70. The molecule has 5 nitrogen and oxygen atoms in total. The highest BCUT2D eigenvalue weighted by Crippen LogP contribution is 2.25. The third kappa shape index (κ3) is 5.81. The molecule has 1 saturated heterocycles. The van der Waals surface area contributed by atoms with Crippen molar-refractivity contribution in [2.24, 2.45) is 0 Å². The summed E-state index contributed by atoms with van der Waals surface area (Å²) in [5.41, 5.74) is 2.16. The van der Waals surface area contributed by atoms with Gasteiger partial charge < -0.3 is 15.5 Å². The zero-order valence-electron chi connectivity index (χ0n) is 15.2. The number of carbonyl (C=O) groups excluding carboxylic acids is 2. The number of benzene rings is 2. The van der Waals surface area contributed by atoms with Crippen LogP contribution in [0.1, 0.15) is 24.8 Å². The Labute approximate surface area is 158 Å². The van der Waals surface area contributed by atoms with Crippen molar-refractivity contribution in [3.8, 4) is 0 Å². The molecular formula is C21H24FN3O2. The lowest BCUT2D eigenvalue weighted by atomic mass is 10.1. The fourth-order valence-electron chi connectivity index (χ4n) is 3.19. The van der Waals surface area contributed by atoms with Crippen LogP contribution < -0.4 is 15.5 Å². The number of hydrogen-bond donors (Lipinski definition) is 2. The molecule has 2 aromatic rings. The van der Waals surface area contributed by atoms with Gasteiger partial charge in [0.1, 0.15) is 5.82 Å². The van der Waals surface area contributed by atoms with Crippen molar-refractivity contribution in [2.75, 3.05) is 29.9 Å². The number of halogens is 1. The van der Waals surface area contributed by atoms with E-state index >= 15 is 0 Å². The lowest BCUT2D eigenvalue weighted by Crippen LogP contribution is -2.29. The van der Waals surface area contributed by atoms with Gasteiger partial charge in [0, 0.05) is 37.4 Å².